The van der Waals surface area contributed by atoms with Crippen LogP contribution < -0.4 is 69.3 Å². The Morgan fingerprint density at radius 3 is 0.900 bits per heavy atom. The Morgan fingerprint density at radius 2 is 0.675 bits per heavy atom. The molecule has 2 amide bonds. The number of rotatable bonds is 24. The Balaban J connectivity index is -0.000000309. The molecule has 0 unspecified atom stereocenters. The summed E-state index contributed by atoms with van der Waals surface area (Å²) in [4.78, 5) is 46.2. The smallest absolute Gasteiger partial charge is 0.548 e. The van der Waals surface area contributed by atoms with Gasteiger partial charge in [0.1, 0.15) is 0 Å². The van der Waals surface area contributed by atoms with Gasteiger partial charge in [0.15, 0.2) is 0 Å². The topological polar surface area (TPSA) is 121 Å². The average molecular weight is 587 g/mol. The van der Waals surface area contributed by atoms with Crippen LogP contribution in [0.15, 0.2) is 0 Å². The van der Waals surface area contributed by atoms with Gasteiger partial charge in [-0.3, -0.25) is 9.59 Å². The van der Waals surface area contributed by atoms with Crippen molar-refractivity contribution in [1.29, 1.82) is 0 Å². The van der Waals surface area contributed by atoms with E-state index in [0.717, 1.165) is 25.7 Å². The maximum atomic E-state index is 11.5. The largest absolute Gasteiger partial charge is 1.00 e. The number of hydrogen-bond donors (Lipinski definition) is 0. The van der Waals surface area contributed by atoms with Gasteiger partial charge in [-0.15, -0.1) is 0 Å². The Bertz CT molecular complexity index is 571. The number of carboxylic acid groups (broad SMARTS) is 2. The van der Waals surface area contributed by atoms with Gasteiger partial charge in [-0.25, -0.2) is 0 Å². The SMILES string of the molecule is CCCCCCCCCCCC(=O)N(C)CC(=O)[O-].CCCCCCCCCCCC(=O)N(C)CC(=O)[O-].[Na+].[Na+]. The van der Waals surface area contributed by atoms with Crippen molar-refractivity contribution in [3.63, 3.8) is 0 Å². The second kappa shape index (κ2) is 35.1. The van der Waals surface area contributed by atoms with Gasteiger partial charge in [-0.2, -0.15) is 0 Å². The van der Waals surface area contributed by atoms with Crippen molar-refractivity contribution in [2.24, 2.45) is 0 Å². The molecule has 0 atom stereocenters. The molecule has 8 nitrogen and oxygen atoms in total. The monoisotopic (exact) mass is 586 g/mol. The third-order valence-corrected chi connectivity index (χ3v) is 6.57. The Kier molecular flexibility index (Phi) is 41.1. The summed E-state index contributed by atoms with van der Waals surface area (Å²) in [6.07, 6.45) is 22.6. The molecule has 0 radical (unpaired) electrons. The van der Waals surface area contributed by atoms with Crippen LogP contribution >= 0.6 is 0 Å². The van der Waals surface area contributed by atoms with E-state index in [1.165, 1.54) is 114 Å². The number of carboxylic acids is 2. The first kappa shape index (κ1) is 46.8. The van der Waals surface area contributed by atoms with Gasteiger partial charge in [0, 0.05) is 26.9 Å². The fourth-order valence-electron chi connectivity index (χ4n) is 4.12. The molecule has 0 aromatic carbocycles. The van der Waals surface area contributed by atoms with Crippen LogP contribution in [0.25, 0.3) is 0 Å². The van der Waals surface area contributed by atoms with Crippen molar-refractivity contribution in [2.75, 3.05) is 27.2 Å². The number of carbonyl (C=O) groups excluding carboxylic acids is 4. The summed E-state index contributed by atoms with van der Waals surface area (Å²) in [5.74, 6) is -2.62. The molecular formula is C30H56N2Na2O6. The molecule has 0 aliphatic rings. The molecule has 0 aliphatic carbocycles. The molecule has 224 valence electrons. The molecule has 0 fully saturated rings. The fourth-order valence-corrected chi connectivity index (χ4v) is 4.12. The summed E-state index contributed by atoms with van der Waals surface area (Å²) >= 11 is 0. The van der Waals surface area contributed by atoms with Crippen LogP contribution in [0.2, 0.25) is 0 Å². The van der Waals surface area contributed by atoms with Crippen LogP contribution in [0.1, 0.15) is 142 Å². The first-order valence-corrected chi connectivity index (χ1v) is 15.0. The number of hydrogen-bond acceptors (Lipinski definition) is 6. The van der Waals surface area contributed by atoms with Crippen LogP contribution in [0, 0.1) is 0 Å². The first-order chi connectivity index (χ1) is 18.1. The summed E-state index contributed by atoms with van der Waals surface area (Å²) in [6, 6.07) is 0. The molecule has 10 heteroatoms. The van der Waals surface area contributed by atoms with Crippen molar-refractivity contribution in [3.8, 4) is 0 Å². The molecule has 40 heavy (non-hydrogen) atoms. The van der Waals surface area contributed by atoms with E-state index in [1.807, 2.05) is 0 Å². The number of unbranched alkanes of at least 4 members (excludes halogenated alkanes) is 16. The van der Waals surface area contributed by atoms with E-state index in [9.17, 15) is 29.4 Å². The summed E-state index contributed by atoms with van der Waals surface area (Å²) in [5, 5.41) is 20.7. The van der Waals surface area contributed by atoms with Crippen molar-refractivity contribution < 1.29 is 88.5 Å². The minimum Gasteiger partial charge on any atom is -0.548 e. The molecule has 0 spiro atoms. The Hall–Kier alpha value is -0.120. The molecule has 0 aliphatic heterocycles. The van der Waals surface area contributed by atoms with Gasteiger partial charge in [-0.1, -0.05) is 117 Å². The van der Waals surface area contributed by atoms with Crippen molar-refractivity contribution in [1.82, 2.24) is 9.80 Å². The predicted octanol–water partition coefficient (Wildman–Crippen LogP) is -1.76. The summed E-state index contributed by atoms with van der Waals surface area (Å²) in [5.41, 5.74) is 0. The van der Waals surface area contributed by atoms with Gasteiger partial charge >= 0.3 is 59.1 Å². The quantitative estimate of drug-likeness (QED) is 0.0976. The number of nitrogens with zero attached hydrogens (tertiary/aromatic N) is 2. The van der Waals surface area contributed by atoms with Crippen molar-refractivity contribution in [3.05, 3.63) is 0 Å². The van der Waals surface area contributed by atoms with Gasteiger partial charge in [0.25, 0.3) is 0 Å². The number of likely N-dealkylation sites (N-methyl/N-ethyl adjacent to an activating group) is 2. The second-order valence-electron chi connectivity index (χ2n) is 10.4. The third-order valence-electron chi connectivity index (χ3n) is 6.57. The summed E-state index contributed by atoms with van der Waals surface area (Å²) < 4.78 is 0. The molecule has 0 heterocycles. The Morgan fingerprint density at radius 1 is 0.450 bits per heavy atom. The third kappa shape index (κ3) is 35.9. The minimum atomic E-state index is -1.21. The maximum absolute atomic E-state index is 11.5. The predicted molar refractivity (Wildman–Crippen MR) is 149 cm³/mol. The second-order valence-corrected chi connectivity index (χ2v) is 10.4. The van der Waals surface area contributed by atoms with Crippen LogP contribution in [0.4, 0.5) is 0 Å². The minimum absolute atomic E-state index is 0. The van der Waals surface area contributed by atoms with Crippen LogP contribution in [-0.4, -0.2) is 60.7 Å². The van der Waals surface area contributed by atoms with E-state index in [0.29, 0.717) is 12.8 Å². The molecule has 0 saturated heterocycles. The van der Waals surface area contributed by atoms with E-state index in [2.05, 4.69) is 13.8 Å². The molecule has 0 aromatic heterocycles. The van der Waals surface area contributed by atoms with E-state index >= 15 is 0 Å². The molecule has 0 aromatic rings. The Labute approximate surface area is 289 Å². The van der Waals surface area contributed by atoms with E-state index in [-0.39, 0.29) is 84.0 Å². The van der Waals surface area contributed by atoms with Crippen LogP contribution in [0.3, 0.4) is 0 Å². The molecule has 0 bridgehead atoms. The zero-order chi connectivity index (χ0) is 29.0. The van der Waals surface area contributed by atoms with Gasteiger partial charge in [-0.05, 0) is 12.8 Å². The number of amides is 2. The standard InChI is InChI=1S/2C15H29NO3.2Na/c2*1-3-4-5-6-7-8-9-10-11-12-14(17)16(2)13-15(18)19;;/h2*3-13H2,1-2H3,(H,18,19);;/q;;2*+1/p-2. The summed E-state index contributed by atoms with van der Waals surface area (Å²) in [6.45, 7) is 3.81. The summed E-state index contributed by atoms with van der Waals surface area (Å²) in [7, 11) is 3.01. The van der Waals surface area contributed by atoms with Gasteiger partial charge < -0.3 is 29.6 Å². The molecule has 0 rings (SSSR count). The van der Waals surface area contributed by atoms with E-state index in [1.54, 1.807) is 0 Å². The van der Waals surface area contributed by atoms with Crippen LogP contribution in [-0.2, 0) is 19.2 Å². The first-order valence-electron chi connectivity index (χ1n) is 15.0. The fraction of sp³-hybridized carbons (Fsp3) is 0.867. The molecule has 0 N–H and O–H groups in total. The van der Waals surface area contributed by atoms with Gasteiger partial charge in [0.2, 0.25) is 11.8 Å². The normalized spacial score (nSPS) is 9.90. The zero-order valence-corrected chi connectivity index (χ0v) is 30.9. The van der Waals surface area contributed by atoms with Crippen molar-refractivity contribution in [2.45, 2.75) is 142 Å². The number of carbonyl (C=O) groups is 4. The van der Waals surface area contributed by atoms with Gasteiger partial charge in [0.05, 0.1) is 25.0 Å². The maximum Gasteiger partial charge on any atom is 1.00 e. The zero-order valence-electron chi connectivity index (χ0n) is 26.9. The average Bonchev–Trinajstić information content (AvgIpc) is 2.86. The molecule has 0 saturated carbocycles. The van der Waals surface area contributed by atoms with E-state index in [4.69, 9.17) is 0 Å². The van der Waals surface area contributed by atoms with E-state index < -0.39 is 11.9 Å². The molecular weight excluding hydrogens is 530 g/mol. The van der Waals surface area contributed by atoms with Crippen LogP contribution in [0.5, 0.6) is 0 Å². The van der Waals surface area contributed by atoms with Crippen molar-refractivity contribution >= 4 is 23.8 Å². The number of aliphatic carboxylic acids is 2.